The minimum atomic E-state index is -0.415. The van der Waals surface area contributed by atoms with Gasteiger partial charge in [-0.05, 0) is 106 Å². The molecule has 6 nitrogen and oxygen atoms in total. The van der Waals surface area contributed by atoms with E-state index < -0.39 is 6.04 Å². The lowest BCUT2D eigenvalue weighted by molar-refractivity contribution is -0.0164. The summed E-state index contributed by atoms with van der Waals surface area (Å²) < 4.78 is 15.3. The molecule has 7 rings (SSSR count). The number of carbonyl (C=O) groups is 1. The number of amides is 2. The fraction of sp³-hybridized carbons (Fsp3) is 0.500. The highest BCUT2D eigenvalue weighted by atomic mass is 19.1. The van der Waals surface area contributed by atoms with Gasteiger partial charge in [0.05, 0.1) is 22.6 Å². The minimum absolute atomic E-state index is 0.0793. The molecule has 4 aliphatic carbocycles. The van der Waals surface area contributed by atoms with E-state index in [0.29, 0.717) is 35.4 Å². The standard InChI is InChI=1S/C30H35FN4O2/c1-3-26(34(4-2)29(37)33-30-16-19-13-20(17-30)15-21(14-19)18-30)27-32-25-8-6-5-7-24(25)28(36)35(27)23-11-9-22(31)10-12-23/h5-12,19-21,26H,3-4,13-18H2,1-2H3,(H,33,37). The van der Waals surface area contributed by atoms with Crippen LogP contribution in [0.4, 0.5) is 9.18 Å². The molecule has 194 valence electrons. The molecule has 3 aromatic rings. The van der Waals surface area contributed by atoms with Crippen molar-refractivity contribution in [3.8, 4) is 5.69 Å². The number of para-hydroxylation sites is 1. The summed E-state index contributed by atoms with van der Waals surface area (Å²) in [4.78, 5) is 34.4. The predicted octanol–water partition coefficient (Wildman–Crippen LogP) is 5.98. The van der Waals surface area contributed by atoms with Gasteiger partial charge in [-0.3, -0.25) is 9.36 Å². The first-order valence-corrected chi connectivity index (χ1v) is 13.8. The van der Waals surface area contributed by atoms with Gasteiger partial charge in [-0.2, -0.15) is 0 Å². The summed E-state index contributed by atoms with van der Waals surface area (Å²) in [7, 11) is 0. The van der Waals surface area contributed by atoms with Gasteiger partial charge in [-0.25, -0.2) is 14.2 Å². The number of hydrogen-bond acceptors (Lipinski definition) is 3. The van der Waals surface area contributed by atoms with Crippen molar-refractivity contribution < 1.29 is 9.18 Å². The monoisotopic (exact) mass is 502 g/mol. The van der Waals surface area contributed by atoms with E-state index in [1.165, 1.54) is 31.4 Å². The highest BCUT2D eigenvalue weighted by Gasteiger charge is 2.52. The number of urea groups is 1. The number of carbonyl (C=O) groups excluding carboxylic acids is 1. The Morgan fingerprint density at radius 2 is 1.68 bits per heavy atom. The number of hydrogen-bond donors (Lipinski definition) is 1. The Morgan fingerprint density at radius 3 is 2.27 bits per heavy atom. The molecule has 2 amide bonds. The van der Waals surface area contributed by atoms with E-state index in [-0.39, 0.29) is 22.9 Å². The normalized spacial score (nSPS) is 26.8. The van der Waals surface area contributed by atoms with Crippen LogP contribution in [0.25, 0.3) is 16.6 Å². The maximum atomic E-state index is 13.9. The molecule has 4 fully saturated rings. The van der Waals surface area contributed by atoms with Gasteiger partial charge in [0.1, 0.15) is 11.6 Å². The lowest BCUT2D eigenvalue weighted by Gasteiger charge is -2.57. The molecule has 0 radical (unpaired) electrons. The molecule has 4 aliphatic rings. The molecular weight excluding hydrogens is 467 g/mol. The van der Waals surface area contributed by atoms with Crippen LogP contribution in [0.3, 0.4) is 0 Å². The van der Waals surface area contributed by atoms with Gasteiger partial charge in [0.2, 0.25) is 0 Å². The smallest absolute Gasteiger partial charge is 0.318 e. The molecule has 37 heavy (non-hydrogen) atoms. The second-order valence-electron chi connectivity index (χ2n) is 11.4. The summed E-state index contributed by atoms with van der Waals surface area (Å²) in [5.41, 5.74) is 0.807. The topological polar surface area (TPSA) is 67.2 Å². The van der Waals surface area contributed by atoms with Gasteiger partial charge >= 0.3 is 6.03 Å². The fourth-order valence-electron chi connectivity index (χ4n) is 7.82. The van der Waals surface area contributed by atoms with Crippen molar-refractivity contribution in [3.05, 3.63) is 70.5 Å². The summed E-state index contributed by atoms with van der Waals surface area (Å²) in [6.07, 6.45) is 7.77. The maximum absolute atomic E-state index is 13.9. The number of fused-ring (bicyclic) bond motifs is 1. The number of rotatable bonds is 6. The lowest BCUT2D eigenvalue weighted by Crippen LogP contribution is -2.62. The van der Waals surface area contributed by atoms with Gasteiger partial charge < -0.3 is 10.2 Å². The van der Waals surface area contributed by atoms with Crippen molar-refractivity contribution in [3.63, 3.8) is 0 Å². The quantitative estimate of drug-likeness (QED) is 0.451. The summed E-state index contributed by atoms with van der Waals surface area (Å²) in [6.45, 7) is 4.48. The van der Waals surface area contributed by atoms with Gasteiger partial charge in [-0.15, -0.1) is 0 Å². The molecule has 1 heterocycles. The van der Waals surface area contributed by atoms with E-state index in [0.717, 1.165) is 37.0 Å². The SMILES string of the molecule is CCC(c1nc2ccccc2c(=O)n1-c1ccc(F)cc1)N(CC)C(=O)NC12CC3CC(CC(C3)C1)C2. The molecule has 4 bridgehead atoms. The van der Waals surface area contributed by atoms with Crippen molar-refractivity contribution in [2.45, 2.75) is 70.4 Å². The zero-order valence-electron chi connectivity index (χ0n) is 21.6. The van der Waals surface area contributed by atoms with Crippen LogP contribution in [0.1, 0.15) is 70.7 Å². The Bertz CT molecular complexity index is 1350. The highest BCUT2D eigenvalue weighted by Crippen LogP contribution is 2.55. The Kier molecular flexibility index (Phi) is 6.04. The van der Waals surface area contributed by atoms with E-state index in [2.05, 4.69) is 5.32 Å². The Balaban J connectivity index is 1.40. The predicted molar refractivity (Wildman–Crippen MR) is 142 cm³/mol. The van der Waals surface area contributed by atoms with Crippen LogP contribution in [-0.4, -0.2) is 32.6 Å². The van der Waals surface area contributed by atoms with Crippen molar-refractivity contribution in [1.82, 2.24) is 19.8 Å². The van der Waals surface area contributed by atoms with E-state index in [1.807, 2.05) is 36.9 Å². The molecule has 1 atom stereocenters. The maximum Gasteiger partial charge on any atom is 0.318 e. The van der Waals surface area contributed by atoms with Crippen LogP contribution in [0.2, 0.25) is 0 Å². The first kappa shape index (κ1) is 24.1. The van der Waals surface area contributed by atoms with Gasteiger partial charge in [0.15, 0.2) is 0 Å². The highest BCUT2D eigenvalue weighted by molar-refractivity contribution is 5.78. The third-order valence-electron chi connectivity index (χ3n) is 8.96. The summed E-state index contributed by atoms with van der Waals surface area (Å²) in [6, 6.07) is 12.6. The second kappa shape index (κ2) is 9.26. The van der Waals surface area contributed by atoms with Crippen LogP contribution < -0.4 is 10.9 Å². The first-order chi connectivity index (χ1) is 17.9. The largest absolute Gasteiger partial charge is 0.333 e. The summed E-state index contributed by atoms with van der Waals surface area (Å²) in [5, 5.41) is 3.99. The zero-order chi connectivity index (χ0) is 25.7. The lowest BCUT2D eigenvalue weighted by atomic mass is 9.53. The Labute approximate surface area is 216 Å². The molecular formula is C30H35FN4O2. The van der Waals surface area contributed by atoms with Gasteiger partial charge in [0, 0.05) is 12.1 Å². The Hall–Kier alpha value is -3.22. The van der Waals surface area contributed by atoms with E-state index in [4.69, 9.17) is 4.98 Å². The van der Waals surface area contributed by atoms with Crippen LogP contribution in [0.5, 0.6) is 0 Å². The molecule has 0 aliphatic heterocycles. The van der Waals surface area contributed by atoms with Crippen LogP contribution in [-0.2, 0) is 0 Å². The van der Waals surface area contributed by atoms with E-state index in [1.54, 1.807) is 22.8 Å². The number of nitrogens with one attached hydrogen (secondary N) is 1. The second-order valence-corrected chi connectivity index (χ2v) is 11.4. The fourth-order valence-corrected chi connectivity index (χ4v) is 7.82. The average molecular weight is 503 g/mol. The molecule has 1 N–H and O–H groups in total. The van der Waals surface area contributed by atoms with Crippen LogP contribution >= 0.6 is 0 Å². The third kappa shape index (κ3) is 4.22. The van der Waals surface area contributed by atoms with Crippen molar-refractivity contribution in [2.75, 3.05) is 6.54 Å². The van der Waals surface area contributed by atoms with Crippen molar-refractivity contribution >= 4 is 16.9 Å². The van der Waals surface area contributed by atoms with Gasteiger partial charge in [-0.1, -0.05) is 19.1 Å². The summed E-state index contributed by atoms with van der Waals surface area (Å²) >= 11 is 0. The summed E-state index contributed by atoms with van der Waals surface area (Å²) in [5.74, 6) is 2.32. The molecule has 0 spiro atoms. The minimum Gasteiger partial charge on any atom is -0.333 e. The molecule has 0 saturated heterocycles. The van der Waals surface area contributed by atoms with Crippen LogP contribution in [0, 0.1) is 23.6 Å². The number of benzene rings is 2. The third-order valence-corrected chi connectivity index (χ3v) is 8.96. The molecule has 1 unspecified atom stereocenters. The zero-order valence-corrected chi connectivity index (χ0v) is 21.6. The van der Waals surface area contributed by atoms with E-state index >= 15 is 0 Å². The molecule has 2 aromatic carbocycles. The van der Waals surface area contributed by atoms with Crippen molar-refractivity contribution in [2.24, 2.45) is 17.8 Å². The first-order valence-electron chi connectivity index (χ1n) is 13.8. The average Bonchev–Trinajstić information content (AvgIpc) is 2.87. The van der Waals surface area contributed by atoms with Crippen molar-refractivity contribution in [1.29, 1.82) is 0 Å². The molecule has 7 heteroatoms. The van der Waals surface area contributed by atoms with Crippen LogP contribution in [0.15, 0.2) is 53.3 Å². The molecule has 4 saturated carbocycles. The number of nitrogens with zero attached hydrogens (tertiary/aromatic N) is 3. The molecule has 1 aromatic heterocycles. The number of aromatic nitrogens is 2. The number of halogens is 1. The Morgan fingerprint density at radius 1 is 1.05 bits per heavy atom. The van der Waals surface area contributed by atoms with Gasteiger partial charge in [0.25, 0.3) is 5.56 Å². The van der Waals surface area contributed by atoms with E-state index in [9.17, 15) is 14.0 Å².